The van der Waals surface area contributed by atoms with Crippen LogP contribution in [0.15, 0.2) is 54.6 Å². The van der Waals surface area contributed by atoms with Crippen LogP contribution in [0.5, 0.6) is 5.75 Å². The van der Waals surface area contributed by atoms with E-state index >= 15 is 0 Å². The van der Waals surface area contributed by atoms with E-state index in [4.69, 9.17) is 4.74 Å². The zero-order valence-electron chi connectivity index (χ0n) is 14.6. The van der Waals surface area contributed by atoms with Gasteiger partial charge < -0.3 is 9.64 Å². The second-order valence-corrected chi connectivity index (χ2v) is 6.69. The molecule has 0 aromatic heterocycles. The van der Waals surface area contributed by atoms with E-state index < -0.39 is 5.41 Å². The van der Waals surface area contributed by atoms with Crippen molar-refractivity contribution in [2.45, 2.75) is 31.1 Å². The fourth-order valence-electron chi connectivity index (χ4n) is 3.67. The average Bonchev–Trinajstić information content (AvgIpc) is 3.13. The molecule has 25 heavy (non-hydrogen) atoms. The number of nitrogens with zero attached hydrogens (tertiary/aromatic N) is 1. The van der Waals surface area contributed by atoms with Gasteiger partial charge in [0.2, 0.25) is 5.91 Å². The molecule has 0 spiro atoms. The van der Waals surface area contributed by atoms with Gasteiger partial charge in [-0.25, -0.2) is 4.39 Å². The van der Waals surface area contributed by atoms with Gasteiger partial charge >= 0.3 is 0 Å². The first-order chi connectivity index (χ1) is 12.1. The molecule has 0 aliphatic heterocycles. The normalized spacial score (nSPS) is 15.8. The van der Waals surface area contributed by atoms with Crippen molar-refractivity contribution in [3.63, 3.8) is 0 Å². The highest BCUT2D eigenvalue weighted by molar-refractivity contribution is 5.88. The molecular formula is C21H24FNO2. The molecule has 1 saturated carbocycles. The molecule has 2 aromatic rings. The summed E-state index contributed by atoms with van der Waals surface area (Å²) in [5, 5.41) is 0. The summed E-state index contributed by atoms with van der Waals surface area (Å²) in [6, 6.07) is 16.1. The van der Waals surface area contributed by atoms with Crippen molar-refractivity contribution < 1.29 is 13.9 Å². The van der Waals surface area contributed by atoms with E-state index in [1.165, 1.54) is 12.1 Å². The van der Waals surface area contributed by atoms with Crippen LogP contribution in [0.4, 0.5) is 4.39 Å². The Morgan fingerprint density at radius 2 is 1.84 bits per heavy atom. The van der Waals surface area contributed by atoms with E-state index in [2.05, 4.69) is 0 Å². The van der Waals surface area contributed by atoms with Gasteiger partial charge in [-0.3, -0.25) is 4.79 Å². The summed E-state index contributed by atoms with van der Waals surface area (Å²) >= 11 is 0. The summed E-state index contributed by atoms with van der Waals surface area (Å²) < 4.78 is 19.4. The lowest BCUT2D eigenvalue weighted by molar-refractivity contribution is -0.136. The highest BCUT2D eigenvalue weighted by Crippen LogP contribution is 2.42. The number of carbonyl (C=O) groups excluding carboxylic acids is 1. The SMILES string of the molecule is CN(CCOc1ccccc1)C(=O)C1(c2cccc(F)c2)CCCC1. The Hall–Kier alpha value is -2.36. The van der Waals surface area contributed by atoms with E-state index in [1.807, 2.05) is 36.4 Å². The Bertz CT molecular complexity index is 711. The van der Waals surface area contributed by atoms with Crippen LogP contribution in [0.1, 0.15) is 31.2 Å². The van der Waals surface area contributed by atoms with Crippen molar-refractivity contribution in [1.29, 1.82) is 0 Å². The minimum Gasteiger partial charge on any atom is -0.492 e. The Morgan fingerprint density at radius 1 is 1.12 bits per heavy atom. The van der Waals surface area contributed by atoms with Gasteiger partial charge in [0.1, 0.15) is 18.2 Å². The Labute approximate surface area is 148 Å². The van der Waals surface area contributed by atoms with Crippen LogP contribution in [-0.2, 0) is 10.2 Å². The van der Waals surface area contributed by atoms with Crippen molar-refractivity contribution in [3.8, 4) is 5.75 Å². The number of hydrogen-bond acceptors (Lipinski definition) is 2. The molecule has 1 amide bonds. The van der Waals surface area contributed by atoms with Gasteiger partial charge in [0.15, 0.2) is 0 Å². The number of amides is 1. The number of para-hydroxylation sites is 1. The maximum Gasteiger partial charge on any atom is 0.233 e. The Kier molecular flexibility index (Phi) is 5.37. The van der Waals surface area contributed by atoms with Crippen molar-refractivity contribution in [2.75, 3.05) is 20.2 Å². The molecule has 0 saturated heterocycles. The molecule has 0 unspecified atom stereocenters. The van der Waals surface area contributed by atoms with Crippen LogP contribution < -0.4 is 4.74 Å². The van der Waals surface area contributed by atoms with Crippen molar-refractivity contribution >= 4 is 5.91 Å². The van der Waals surface area contributed by atoms with Crippen molar-refractivity contribution in [3.05, 3.63) is 66.0 Å². The summed E-state index contributed by atoms with van der Waals surface area (Å²) in [4.78, 5) is 14.9. The monoisotopic (exact) mass is 341 g/mol. The zero-order valence-corrected chi connectivity index (χ0v) is 14.6. The summed E-state index contributed by atoms with van der Waals surface area (Å²) in [5.41, 5.74) is 0.203. The predicted octanol–water partition coefficient (Wildman–Crippen LogP) is 4.17. The summed E-state index contributed by atoms with van der Waals surface area (Å²) in [6.45, 7) is 0.941. The standard InChI is InChI=1S/C21H24FNO2/c1-23(14-15-25-19-10-3-2-4-11-19)20(24)21(12-5-6-13-21)17-8-7-9-18(22)16-17/h2-4,7-11,16H,5-6,12-15H2,1H3. The highest BCUT2D eigenvalue weighted by Gasteiger charge is 2.44. The third kappa shape index (κ3) is 3.84. The van der Waals surface area contributed by atoms with Gasteiger partial charge in [-0.15, -0.1) is 0 Å². The van der Waals surface area contributed by atoms with Gasteiger partial charge in [0.25, 0.3) is 0 Å². The van der Waals surface area contributed by atoms with Crippen molar-refractivity contribution in [2.24, 2.45) is 0 Å². The van der Waals surface area contributed by atoms with Crippen LogP contribution in [0.2, 0.25) is 0 Å². The van der Waals surface area contributed by atoms with Crippen LogP contribution in [0.3, 0.4) is 0 Å². The largest absolute Gasteiger partial charge is 0.492 e. The van der Waals surface area contributed by atoms with Crippen LogP contribution in [0.25, 0.3) is 0 Å². The second kappa shape index (κ2) is 7.68. The first-order valence-corrected chi connectivity index (χ1v) is 8.81. The molecule has 1 fully saturated rings. The van der Waals surface area contributed by atoms with Crippen LogP contribution in [-0.4, -0.2) is 31.0 Å². The molecule has 4 heteroatoms. The number of halogens is 1. The van der Waals surface area contributed by atoms with E-state index in [9.17, 15) is 9.18 Å². The summed E-state index contributed by atoms with van der Waals surface area (Å²) in [6.07, 6.45) is 3.55. The maximum atomic E-state index is 13.7. The topological polar surface area (TPSA) is 29.5 Å². The van der Waals surface area contributed by atoms with Crippen molar-refractivity contribution in [1.82, 2.24) is 4.90 Å². The van der Waals surface area contributed by atoms with Gasteiger partial charge in [0.05, 0.1) is 12.0 Å². The lowest BCUT2D eigenvalue weighted by Gasteiger charge is -2.33. The first kappa shape index (κ1) is 17.5. The van der Waals surface area contributed by atoms with E-state index in [0.29, 0.717) is 13.2 Å². The molecule has 3 rings (SSSR count). The van der Waals surface area contributed by atoms with Gasteiger partial charge in [-0.1, -0.05) is 43.2 Å². The number of likely N-dealkylation sites (N-methyl/N-ethyl adjacent to an activating group) is 1. The lowest BCUT2D eigenvalue weighted by Crippen LogP contribution is -2.45. The van der Waals surface area contributed by atoms with Gasteiger partial charge in [-0.2, -0.15) is 0 Å². The molecule has 0 radical (unpaired) electrons. The third-order valence-corrected chi connectivity index (χ3v) is 5.03. The molecule has 0 N–H and O–H groups in total. The molecule has 3 nitrogen and oxygen atoms in total. The minimum atomic E-state index is -0.594. The van der Waals surface area contributed by atoms with E-state index in [0.717, 1.165) is 37.0 Å². The molecule has 0 heterocycles. The van der Waals surface area contributed by atoms with Crippen LogP contribution in [0, 0.1) is 5.82 Å². The highest BCUT2D eigenvalue weighted by atomic mass is 19.1. The number of ether oxygens (including phenoxy) is 1. The molecule has 0 bridgehead atoms. The molecule has 132 valence electrons. The van der Waals surface area contributed by atoms with Gasteiger partial charge in [0, 0.05) is 7.05 Å². The third-order valence-electron chi connectivity index (χ3n) is 5.03. The predicted molar refractivity (Wildman–Crippen MR) is 96.1 cm³/mol. The Balaban J connectivity index is 1.68. The fourth-order valence-corrected chi connectivity index (χ4v) is 3.67. The number of hydrogen-bond donors (Lipinski definition) is 0. The maximum absolute atomic E-state index is 13.7. The van der Waals surface area contributed by atoms with E-state index in [-0.39, 0.29) is 11.7 Å². The smallest absolute Gasteiger partial charge is 0.233 e. The average molecular weight is 341 g/mol. The van der Waals surface area contributed by atoms with E-state index in [1.54, 1.807) is 18.0 Å². The fraction of sp³-hybridized carbons (Fsp3) is 0.381. The van der Waals surface area contributed by atoms with Gasteiger partial charge in [-0.05, 0) is 42.7 Å². The molecule has 1 aliphatic carbocycles. The number of benzene rings is 2. The number of rotatable bonds is 6. The quantitative estimate of drug-likeness (QED) is 0.789. The van der Waals surface area contributed by atoms with Crippen LogP contribution >= 0.6 is 0 Å². The second-order valence-electron chi connectivity index (χ2n) is 6.69. The minimum absolute atomic E-state index is 0.0623. The Morgan fingerprint density at radius 3 is 2.52 bits per heavy atom. The lowest BCUT2D eigenvalue weighted by atomic mass is 9.77. The molecule has 2 aromatic carbocycles. The first-order valence-electron chi connectivity index (χ1n) is 8.81. The molecular weight excluding hydrogens is 317 g/mol. The summed E-state index contributed by atoms with van der Waals surface area (Å²) in [7, 11) is 1.80. The summed E-state index contributed by atoms with van der Waals surface area (Å²) in [5.74, 6) is 0.572. The number of carbonyl (C=O) groups is 1. The molecule has 1 aliphatic rings. The zero-order chi connectivity index (χ0) is 17.7. The molecule has 0 atom stereocenters.